The lowest BCUT2D eigenvalue weighted by atomic mass is 10.3. The van der Waals surface area contributed by atoms with Crippen LogP contribution in [-0.2, 0) is 11.3 Å². The second-order valence-electron chi connectivity index (χ2n) is 2.39. The van der Waals surface area contributed by atoms with E-state index in [1.165, 1.54) is 17.9 Å². The summed E-state index contributed by atoms with van der Waals surface area (Å²) in [5.74, 6) is 0.0887. The van der Waals surface area contributed by atoms with E-state index >= 15 is 0 Å². The van der Waals surface area contributed by atoms with Crippen LogP contribution in [0.1, 0.15) is 19.0 Å². The lowest BCUT2D eigenvalue weighted by Gasteiger charge is -1.93. The van der Waals surface area contributed by atoms with E-state index in [4.69, 9.17) is 5.26 Å². The van der Waals surface area contributed by atoms with Crippen molar-refractivity contribution in [1.82, 2.24) is 15.0 Å². The molecule has 1 rings (SSSR count). The molecular formula is C7H8N4O. The summed E-state index contributed by atoms with van der Waals surface area (Å²) in [4.78, 5) is 11.9. The molecule has 0 aliphatic carbocycles. The summed E-state index contributed by atoms with van der Waals surface area (Å²) >= 11 is 0. The quantitative estimate of drug-likeness (QED) is 0.636. The van der Waals surface area contributed by atoms with Gasteiger partial charge in [-0.25, -0.2) is 0 Å². The van der Waals surface area contributed by atoms with Gasteiger partial charge < -0.3 is 0 Å². The molecule has 0 amide bonds. The smallest absolute Gasteiger partial charge is 0.182 e. The molecule has 0 aliphatic rings. The summed E-state index contributed by atoms with van der Waals surface area (Å²) in [6, 6.07) is 1.86. The second-order valence-corrected chi connectivity index (χ2v) is 2.39. The summed E-state index contributed by atoms with van der Waals surface area (Å²) in [6.07, 6.45) is 1.78. The zero-order valence-electron chi connectivity index (χ0n) is 6.69. The molecule has 0 bridgehead atoms. The summed E-state index contributed by atoms with van der Waals surface area (Å²) < 4.78 is 0. The molecule has 0 unspecified atom stereocenters. The van der Waals surface area contributed by atoms with Gasteiger partial charge in [0.25, 0.3) is 0 Å². The lowest BCUT2D eigenvalue weighted by molar-refractivity contribution is -0.117. The first kappa shape index (κ1) is 8.40. The fraction of sp³-hybridized carbons (Fsp3) is 0.429. The molecule has 0 saturated carbocycles. The maximum atomic E-state index is 10.6. The molecule has 12 heavy (non-hydrogen) atoms. The topological polar surface area (TPSA) is 71.6 Å². The number of hydrogen-bond donors (Lipinski definition) is 0. The van der Waals surface area contributed by atoms with Gasteiger partial charge in [-0.2, -0.15) is 15.2 Å². The minimum atomic E-state index is 0.0887. The molecule has 0 N–H and O–H groups in total. The first-order valence-corrected chi connectivity index (χ1v) is 3.52. The third-order valence-electron chi connectivity index (χ3n) is 1.31. The molecule has 0 fully saturated rings. The number of nitriles is 1. The van der Waals surface area contributed by atoms with Gasteiger partial charge in [0.2, 0.25) is 0 Å². The Balaban J connectivity index is 2.54. The fourth-order valence-electron chi connectivity index (χ4n) is 0.714. The Morgan fingerprint density at radius 2 is 2.58 bits per heavy atom. The third-order valence-corrected chi connectivity index (χ3v) is 1.31. The van der Waals surface area contributed by atoms with Crippen molar-refractivity contribution < 1.29 is 4.79 Å². The molecule has 5 heteroatoms. The third kappa shape index (κ3) is 2.16. The standard InChI is InChI=1S/C7H8N4O/c1-6(12)2-3-11-9-5-7(4-8)10-11/h5H,2-3H2,1H3. The van der Waals surface area contributed by atoms with Gasteiger partial charge >= 0.3 is 0 Å². The normalized spacial score (nSPS) is 9.33. The van der Waals surface area contributed by atoms with Crippen LogP contribution < -0.4 is 0 Å². The van der Waals surface area contributed by atoms with E-state index in [9.17, 15) is 4.79 Å². The van der Waals surface area contributed by atoms with E-state index in [0.29, 0.717) is 13.0 Å². The number of Topliss-reactive ketones (excluding diaryl/α,β-unsaturated/α-hetero) is 1. The number of hydrogen-bond acceptors (Lipinski definition) is 4. The van der Waals surface area contributed by atoms with Crippen molar-refractivity contribution >= 4 is 5.78 Å². The molecule has 1 aromatic heterocycles. The Labute approximate surface area is 69.6 Å². The molecule has 62 valence electrons. The Kier molecular flexibility index (Phi) is 2.53. The van der Waals surface area contributed by atoms with Crippen molar-refractivity contribution in [2.24, 2.45) is 0 Å². The van der Waals surface area contributed by atoms with Crippen molar-refractivity contribution in [3.63, 3.8) is 0 Å². The number of nitrogens with zero attached hydrogens (tertiary/aromatic N) is 4. The van der Waals surface area contributed by atoms with Crippen LogP contribution in [-0.4, -0.2) is 20.8 Å². The second kappa shape index (κ2) is 3.62. The zero-order valence-corrected chi connectivity index (χ0v) is 6.69. The highest BCUT2D eigenvalue weighted by molar-refractivity contribution is 5.75. The highest BCUT2D eigenvalue weighted by Gasteiger charge is 1.99. The minimum absolute atomic E-state index is 0.0887. The maximum absolute atomic E-state index is 10.6. The molecule has 5 nitrogen and oxygen atoms in total. The Bertz CT molecular complexity index is 322. The molecule has 0 aromatic carbocycles. The molecular weight excluding hydrogens is 156 g/mol. The summed E-state index contributed by atoms with van der Waals surface area (Å²) in [6.45, 7) is 1.95. The molecule has 0 saturated heterocycles. The predicted octanol–water partition coefficient (Wildman–Crippen LogP) is 0.129. The van der Waals surface area contributed by atoms with Crippen molar-refractivity contribution in [2.75, 3.05) is 0 Å². The van der Waals surface area contributed by atoms with E-state index in [1.54, 1.807) is 0 Å². The number of carbonyl (C=O) groups excluding carboxylic acids is 1. The minimum Gasteiger partial charge on any atom is -0.300 e. The first-order chi connectivity index (χ1) is 5.72. The van der Waals surface area contributed by atoms with Crippen LogP contribution in [0.4, 0.5) is 0 Å². The van der Waals surface area contributed by atoms with Gasteiger partial charge in [0.15, 0.2) is 5.69 Å². The fourth-order valence-corrected chi connectivity index (χ4v) is 0.714. The van der Waals surface area contributed by atoms with Gasteiger partial charge in [-0.1, -0.05) is 0 Å². The molecule has 0 spiro atoms. The molecule has 0 radical (unpaired) electrons. The molecule has 1 aromatic rings. The summed E-state index contributed by atoms with van der Waals surface area (Å²) in [5, 5.41) is 16.0. The SMILES string of the molecule is CC(=O)CCn1ncc(C#N)n1. The van der Waals surface area contributed by atoms with E-state index in [2.05, 4.69) is 10.2 Å². The van der Waals surface area contributed by atoms with Gasteiger partial charge in [0.1, 0.15) is 11.9 Å². The van der Waals surface area contributed by atoms with Crippen LogP contribution >= 0.6 is 0 Å². The number of ketones is 1. The average molecular weight is 164 g/mol. The van der Waals surface area contributed by atoms with Gasteiger partial charge in [-0.15, -0.1) is 5.10 Å². The first-order valence-electron chi connectivity index (χ1n) is 3.52. The summed E-state index contributed by atoms with van der Waals surface area (Å²) in [5.41, 5.74) is 0.276. The van der Waals surface area contributed by atoms with E-state index in [-0.39, 0.29) is 11.5 Å². The van der Waals surface area contributed by atoms with Crippen molar-refractivity contribution in [3.05, 3.63) is 11.9 Å². The van der Waals surface area contributed by atoms with Crippen molar-refractivity contribution in [3.8, 4) is 6.07 Å². The number of aryl methyl sites for hydroxylation is 1. The van der Waals surface area contributed by atoms with Crippen LogP contribution in [0.15, 0.2) is 6.20 Å². The average Bonchev–Trinajstić information content (AvgIpc) is 2.48. The monoisotopic (exact) mass is 164 g/mol. The van der Waals surface area contributed by atoms with Gasteiger partial charge in [0.05, 0.1) is 12.7 Å². The Morgan fingerprint density at radius 1 is 1.83 bits per heavy atom. The highest BCUT2D eigenvalue weighted by atomic mass is 16.1. The van der Waals surface area contributed by atoms with Gasteiger partial charge in [-0.05, 0) is 6.92 Å². The lowest BCUT2D eigenvalue weighted by Crippen LogP contribution is -2.05. The van der Waals surface area contributed by atoms with E-state index in [0.717, 1.165) is 0 Å². The molecule has 0 atom stereocenters. The van der Waals surface area contributed by atoms with Crippen LogP contribution in [0, 0.1) is 11.3 Å². The number of aromatic nitrogens is 3. The Morgan fingerprint density at radius 3 is 3.08 bits per heavy atom. The van der Waals surface area contributed by atoms with Crippen LogP contribution in [0.2, 0.25) is 0 Å². The molecule has 1 heterocycles. The number of carbonyl (C=O) groups is 1. The van der Waals surface area contributed by atoms with E-state index in [1.807, 2.05) is 6.07 Å². The highest BCUT2D eigenvalue weighted by Crippen LogP contribution is 1.91. The Hall–Kier alpha value is -1.70. The van der Waals surface area contributed by atoms with Crippen molar-refractivity contribution in [2.45, 2.75) is 19.9 Å². The van der Waals surface area contributed by atoms with E-state index < -0.39 is 0 Å². The zero-order chi connectivity index (χ0) is 8.97. The van der Waals surface area contributed by atoms with Crippen LogP contribution in [0.3, 0.4) is 0 Å². The van der Waals surface area contributed by atoms with Crippen LogP contribution in [0.25, 0.3) is 0 Å². The predicted molar refractivity (Wildman–Crippen MR) is 40.0 cm³/mol. The van der Waals surface area contributed by atoms with Gasteiger partial charge in [-0.3, -0.25) is 4.79 Å². The molecule has 0 aliphatic heterocycles. The van der Waals surface area contributed by atoms with Gasteiger partial charge in [0, 0.05) is 6.42 Å². The van der Waals surface area contributed by atoms with Crippen LogP contribution in [0.5, 0.6) is 0 Å². The number of rotatable bonds is 3. The van der Waals surface area contributed by atoms with Crippen molar-refractivity contribution in [1.29, 1.82) is 5.26 Å². The largest absolute Gasteiger partial charge is 0.300 e. The maximum Gasteiger partial charge on any atom is 0.182 e. The summed E-state index contributed by atoms with van der Waals surface area (Å²) in [7, 11) is 0.